The predicted octanol–water partition coefficient (Wildman–Crippen LogP) is 3.33. The van der Waals surface area contributed by atoms with Gasteiger partial charge in [-0.1, -0.05) is 48.0 Å². The van der Waals surface area contributed by atoms with E-state index < -0.39 is 0 Å². The van der Waals surface area contributed by atoms with Gasteiger partial charge >= 0.3 is 0 Å². The maximum absolute atomic E-state index is 13.0. The number of carbonyl (C=O) groups is 1. The molecule has 0 saturated carbocycles. The molecule has 1 aromatic heterocycles. The van der Waals surface area contributed by atoms with Crippen molar-refractivity contribution in [3.63, 3.8) is 0 Å². The van der Waals surface area contributed by atoms with E-state index in [1.165, 1.54) is 5.56 Å². The maximum Gasteiger partial charge on any atom is 0.254 e. The van der Waals surface area contributed by atoms with Gasteiger partial charge in [-0.3, -0.25) is 4.79 Å². The molecule has 5 heteroatoms. The molecule has 0 saturated heterocycles. The molecule has 2 heterocycles. The Hall–Kier alpha value is -2.95. The predicted molar refractivity (Wildman–Crippen MR) is 99.9 cm³/mol. The van der Waals surface area contributed by atoms with Gasteiger partial charge in [-0.25, -0.2) is 0 Å². The Bertz CT molecular complexity index is 915. The lowest BCUT2D eigenvalue weighted by atomic mass is 10.0. The van der Waals surface area contributed by atoms with Crippen molar-refractivity contribution in [2.75, 3.05) is 6.54 Å². The average molecular weight is 346 g/mol. The Labute approximate surface area is 153 Å². The molecule has 5 nitrogen and oxygen atoms in total. The van der Waals surface area contributed by atoms with E-state index in [1.54, 1.807) is 0 Å². The monoisotopic (exact) mass is 346 g/mol. The fraction of sp³-hybridized carbons (Fsp3) is 0.286. The highest BCUT2D eigenvalue weighted by atomic mass is 16.2. The molecule has 0 unspecified atom stereocenters. The first-order valence-electron chi connectivity index (χ1n) is 8.92. The molecule has 132 valence electrons. The first kappa shape index (κ1) is 16.5. The van der Waals surface area contributed by atoms with Crippen molar-refractivity contribution in [2.45, 2.75) is 32.9 Å². The number of nitrogens with zero attached hydrogens (tertiary/aromatic N) is 4. The van der Waals surface area contributed by atoms with Crippen LogP contribution in [0.25, 0.3) is 0 Å². The average Bonchev–Trinajstić information content (AvgIpc) is 3.04. The van der Waals surface area contributed by atoms with Crippen LogP contribution in [-0.2, 0) is 13.0 Å². The molecule has 0 aliphatic carbocycles. The van der Waals surface area contributed by atoms with E-state index >= 15 is 0 Å². The van der Waals surface area contributed by atoms with Crippen molar-refractivity contribution in [3.05, 3.63) is 82.9 Å². The van der Waals surface area contributed by atoms with Crippen molar-refractivity contribution in [1.82, 2.24) is 19.7 Å². The highest BCUT2D eigenvalue weighted by Crippen LogP contribution is 2.26. The molecule has 0 spiro atoms. The van der Waals surface area contributed by atoms with E-state index in [-0.39, 0.29) is 11.9 Å². The third-order valence-electron chi connectivity index (χ3n) is 4.97. The van der Waals surface area contributed by atoms with Crippen LogP contribution in [-0.4, -0.2) is 32.1 Å². The Kier molecular flexibility index (Phi) is 4.29. The minimum absolute atomic E-state index is 0.0509. The van der Waals surface area contributed by atoms with E-state index in [9.17, 15) is 4.79 Å². The summed E-state index contributed by atoms with van der Waals surface area (Å²) in [4.78, 5) is 14.9. The molecule has 26 heavy (non-hydrogen) atoms. The van der Waals surface area contributed by atoms with Gasteiger partial charge in [0.15, 0.2) is 5.82 Å². The molecule has 4 rings (SSSR count). The lowest BCUT2D eigenvalue weighted by Gasteiger charge is -2.34. The van der Waals surface area contributed by atoms with Gasteiger partial charge in [0.2, 0.25) is 0 Å². The van der Waals surface area contributed by atoms with Crippen LogP contribution in [0.1, 0.15) is 39.2 Å². The summed E-state index contributed by atoms with van der Waals surface area (Å²) in [5, 5.41) is 8.55. The Balaban J connectivity index is 1.63. The van der Waals surface area contributed by atoms with Gasteiger partial charge in [-0.2, -0.15) is 0 Å². The molecule has 3 aromatic rings. The van der Waals surface area contributed by atoms with E-state index in [0.29, 0.717) is 13.1 Å². The van der Waals surface area contributed by atoms with E-state index in [1.807, 2.05) is 61.2 Å². The summed E-state index contributed by atoms with van der Waals surface area (Å²) in [6, 6.07) is 18.3. The normalized spacial score (nSPS) is 16.4. The lowest BCUT2D eigenvalue weighted by molar-refractivity contribution is 0.0672. The zero-order valence-corrected chi connectivity index (χ0v) is 15.1. The molecule has 1 amide bonds. The number of amides is 1. The van der Waals surface area contributed by atoms with Crippen LogP contribution in [0.4, 0.5) is 0 Å². The molecule has 0 fully saturated rings. The summed E-state index contributed by atoms with van der Waals surface area (Å²) in [6.45, 7) is 5.16. The van der Waals surface area contributed by atoms with E-state index in [4.69, 9.17) is 0 Å². The van der Waals surface area contributed by atoms with Gasteiger partial charge in [0.25, 0.3) is 5.91 Å². The van der Waals surface area contributed by atoms with Gasteiger partial charge in [-0.05, 0) is 38.0 Å². The van der Waals surface area contributed by atoms with Gasteiger partial charge in [0.1, 0.15) is 5.82 Å². The van der Waals surface area contributed by atoms with Crippen LogP contribution in [0.2, 0.25) is 0 Å². The van der Waals surface area contributed by atoms with Crippen LogP contribution >= 0.6 is 0 Å². The smallest absolute Gasteiger partial charge is 0.254 e. The molecule has 0 radical (unpaired) electrons. The van der Waals surface area contributed by atoms with Gasteiger partial charge in [0.05, 0.1) is 12.6 Å². The second-order valence-electron chi connectivity index (χ2n) is 6.93. The molecular formula is C21H22N4O. The lowest BCUT2D eigenvalue weighted by Crippen LogP contribution is -2.42. The van der Waals surface area contributed by atoms with Crippen molar-refractivity contribution in [2.24, 2.45) is 0 Å². The van der Waals surface area contributed by atoms with Gasteiger partial charge in [0, 0.05) is 12.1 Å². The summed E-state index contributed by atoms with van der Waals surface area (Å²) in [5.41, 5.74) is 3.12. The molecule has 2 aromatic carbocycles. The highest BCUT2D eigenvalue weighted by Gasteiger charge is 2.31. The topological polar surface area (TPSA) is 51.0 Å². The molecule has 1 aliphatic rings. The van der Waals surface area contributed by atoms with Crippen LogP contribution in [0.15, 0.2) is 54.6 Å². The van der Waals surface area contributed by atoms with Crippen LogP contribution < -0.4 is 0 Å². The number of carbonyl (C=O) groups excluding carboxylic acids is 1. The van der Waals surface area contributed by atoms with Gasteiger partial charge < -0.3 is 9.47 Å². The summed E-state index contributed by atoms with van der Waals surface area (Å²) in [7, 11) is 0. The largest absolute Gasteiger partial charge is 0.329 e. The summed E-state index contributed by atoms with van der Waals surface area (Å²) in [6.07, 6.45) is 0.852. The second-order valence-corrected chi connectivity index (χ2v) is 6.93. The molecular weight excluding hydrogens is 324 g/mol. The van der Waals surface area contributed by atoms with Gasteiger partial charge in [-0.15, -0.1) is 10.2 Å². The number of rotatable bonds is 3. The van der Waals surface area contributed by atoms with Crippen LogP contribution in [0.3, 0.4) is 0 Å². The summed E-state index contributed by atoms with van der Waals surface area (Å²) in [5.74, 6) is 1.81. The number of hydrogen-bond donors (Lipinski definition) is 0. The zero-order chi connectivity index (χ0) is 18.1. The fourth-order valence-corrected chi connectivity index (χ4v) is 3.64. The summed E-state index contributed by atoms with van der Waals surface area (Å²) < 4.78 is 2.19. The van der Waals surface area contributed by atoms with Crippen LogP contribution in [0, 0.1) is 13.8 Å². The number of aromatic nitrogens is 3. The van der Waals surface area contributed by atoms with E-state index in [0.717, 1.165) is 29.2 Å². The summed E-state index contributed by atoms with van der Waals surface area (Å²) >= 11 is 0. The first-order chi connectivity index (χ1) is 12.6. The third kappa shape index (κ3) is 3.12. The molecule has 0 N–H and O–H groups in total. The quantitative estimate of drug-likeness (QED) is 0.731. The minimum Gasteiger partial charge on any atom is -0.329 e. The third-order valence-corrected chi connectivity index (χ3v) is 4.97. The maximum atomic E-state index is 13.0. The fourth-order valence-electron chi connectivity index (χ4n) is 3.64. The first-order valence-corrected chi connectivity index (χ1v) is 8.92. The van der Waals surface area contributed by atoms with Crippen molar-refractivity contribution in [1.29, 1.82) is 0 Å². The Morgan fingerprint density at radius 3 is 2.50 bits per heavy atom. The molecule has 0 bridgehead atoms. The molecule has 1 atom stereocenters. The van der Waals surface area contributed by atoms with Crippen molar-refractivity contribution in [3.8, 4) is 0 Å². The zero-order valence-electron chi connectivity index (χ0n) is 15.1. The number of fused-ring (bicyclic) bond motifs is 1. The second kappa shape index (κ2) is 6.75. The Morgan fingerprint density at radius 2 is 1.77 bits per heavy atom. The Morgan fingerprint density at radius 1 is 1.04 bits per heavy atom. The molecule has 1 aliphatic heterocycles. The number of hydrogen-bond acceptors (Lipinski definition) is 3. The minimum atomic E-state index is 0.0509. The SMILES string of the molecule is Cc1ccc(C(=O)N2Cc3nnc(C)n3[C@H](Cc3ccccc3)C2)cc1. The van der Waals surface area contributed by atoms with Crippen LogP contribution in [0.5, 0.6) is 0 Å². The van der Waals surface area contributed by atoms with Crippen molar-refractivity contribution < 1.29 is 4.79 Å². The standard InChI is InChI=1S/C21H22N4O/c1-15-8-10-18(11-9-15)21(26)24-13-19(12-17-6-4-3-5-7-17)25-16(2)22-23-20(25)14-24/h3-11,19H,12-14H2,1-2H3/t19-/m1/s1. The number of aryl methyl sites for hydroxylation is 2. The van der Waals surface area contributed by atoms with E-state index in [2.05, 4.69) is 26.9 Å². The number of benzene rings is 2. The highest BCUT2D eigenvalue weighted by molar-refractivity contribution is 5.94. The van der Waals surface area contributed by atoms with Crippen molar-refractivity contribution >= 4 is 5.91 Å².